The second kappa shape index (κ2) is 7.53. The van der Waals surface area contributed by atoms with Crippen LogP contribution >= 0.6 is 11.3 Å². The summed E-state index contributed by atoms with van der Waals surface area (Å²) in [5, 5.41) is 2.08. The van der Waals surface area contributed by atoms with E-state index >= 15 is 0 Å². The predicted molar refractivity (Wildman–Crippen MR) is 115 cm³/mol. The Kier molecular flexibility index (Phi) is 4.75. The lowest BCUT2D eigenvalue weighted by molar-refractivity contribution is 0.0773. The van der Waals surface area contributed by atoms with Gasteiger partial charge in [0.25, 0.3) is 5.91 Å². The average molecular weight is 389 g/mol. The minimum absolute atomic E-state index is 0.164. The molecule has 2 aliphatic heterocycles. The van der Waals surface area contributed by atoms with Crippen LogP contribution in [0.2, 0.25) is 0 Å². The minimum Gasteiger partial charge on any atom is -0.337 e. The molecule has 0 radical (unpaired) electrons. The lowest BCUT2D eigenvalue weighted by Crippen LogP contribution is -2.41. The van der Waals surface area contributed by atoms with Crippen LogP contribution in [0, 0.1) is 0 Å². The topological polar surface area (TPSA) is 23.6 Å². The van der Waals surface area contributed by atoms with Crippen molar-refractivity contribution in [3.05, 3.63) is 82.7 Å². The lowest BCUT2D eigenvalue weighted by atomic mass is 9.98. The minimum atomic E-state index is 0.164. The summed E-state index contributed by atoms with van der Waals surface area (Å²) in [5.41, 5.74) is 4.90. The number of carbonyl (C=O) groups is 1. The number of likely N-dealkylation sites (tertiary alicyclic amines) is 1. The Morgan fingerprint density at radius 3 is 2.54 bits per heavy atom. The zero-order chi connectivity index (χ0) is 18.9. The van der Waals surface area contributed by atoms with E-state index in [1.807, 2.05) is 17.0 Å². The highest BCUT2D eigenvalue weighted by atomic mass is 32.1. The SMILES string of the molecule is O=C(c1ccc(-c2cccs2)cc1)N1CCC(N2CCc3ccccc3C2)C1. The second-order valence-corrected chi connectivity index (χ2v) is 8.69. The van der Waals surface area contributed by atoms with Gasteiger partial charge in [-0.05, 0) is 53.1 Å². The van der Waals surface area contributed by atoms with E-state index in [1.54, 1.807) is 11.3 Å². The number of hydrogen-bond donors (Lipinski definition) is 0. The van der Waals surface area contributed by atoms with Gasteiger partial charge in [0.15, 0.2) is 0 Å². The molecule has 1 unspecified atom stereocenters. The normalized spacial score (nSPS) is 19.6. The van der Waals surface area contributed by atoms with E-state index in [1.165, 1.54) is 21.6 Å². The van der Waals surface area contributed by atoms with Crippen LogP contribution < -0.4 is 0 Å². The third kappa shape index (κ3) is 3.38. The molecular formula is C24H24N2OS. The van der Waals surface area contributed by atoms with Crippen molar-refractivity contribution in [1.82, 2.24) is 9.80 Å². The summed E-state index contributed by atoms with van der Waals surface area (Å²) in [6, 6.07) is 21.5. The van der Waals surface area contributed by atoms with E-state index in [2.05, 4.69) is 58.8 Å². The number of hydrogen-bond acceptors (Lipinski definition) is 3. The molecule has 1 fully saturated rings. The highest BCUT2D eigenvalue weighted by molar-refractivity contribution is 7.13. The van der Waals surface area contributed by atoms with Gasteiger partial charge in [-0.25, -0.2) is 0 Å². The molecule has 4 heteroatoms. The molecule has 1 atom stereocenters. The summed E-state index contributed by atoms with van der Waals surface area (Å²) in [6.45, 7) is 3.81. The van der Waals surface area contributed by atoms with Crippen molar-refractivity contribution in [3.8, 4) is 10.4 Å². The summed E-state index contributed by atoms with van der Waals surface area (Å²) in [6.07, 6.45) is 2.19. The van der Waals surface area contributed by atoms with Crippen molar-refractivity contribution < 1.29 is 4.79 Å². The van der Waals surface area contributed by atoms with Crippen LogP contribution in [0.3, 0.4) is 0 Å². The fourth-order valence-corrected chi connectivity index (χ4v) is 5.19. The first-order valence-corrected chi connectivity index (χ1v) is 10.9. The summed E-state index contributed by atoms with van der Waals surface area (Å²) in [5.74, 6) is 0.164. The van der Waals surface area contributed by atoms with Gasteiger partial charge in [-0.15, -0.1) is 11.3 Å². The molecule has 5 rings (SSSR count). The fourth-order valence-electron chi connectivity index (χ4n) is 4.46. The van der Waals surface area contributed by atoms with Gasteiger partial charge in [-0.1, -0.05) is 42.5 Å². The first-order valence-electron chi connectivity index (χ1n) is 10.0. The summed E-state index contributed by atoms with van der Waals surface area (Å²) in [4.78, 5) is 18.8. The maximum atomic E-state index is 13.0. The number of benzene rings is 2. The average Bonchev–Trinajstić information content (AvgIpc) is 3.45. The molecule has 142 valence electrons. The molecule has 28 heavy (non-hydrogen) atoms. The van der Waals surface area contributed by atoms with E-state index in [-0.39, 0.29) is 5.91 Å². The van der Waals surface area contributed by atoms with Crippen LogP contribution in [0.25, 0.3) is 10.4 Å². The molecule has 0 N–H and O–H groups in total. The van der Waals surface area contributed by atoms with Gasteiger partial charge in [0.05, 0.1) is 0 Å². The standard InChI is InChI=1S/C24H24N2OS/c27-24(20-9-7-19(8-10-20)23-6-3-15-28-23)26-14-12-22(17-26)25-13-11-18-4-1-2-5-21(18)16-25/h1-10,15,22H,11-14,16-17H2. The number of carbonyl (C=O) groups excluding carboxylic acids is 1. The molecule has 0 saturated carbocycles. The third-order valence-electron chi connectivity index (χ3n) is 6.06. The quantitative estimate of drug-likeness (QED) is 0.650. The number of fused-ring (bicyclic) bond motifs is 1. The Morgan fingerprint density at radius 2 is 1.75 bits per heavy atom. The lowest BCUT2D eigenvalue weighted by Gasteiger charge is -2.33. The van der Waals surface area contributed by atoms with E-state index < -0.39 is 0 Å². The molecule has 0 bridgehead atoms. The van der Waals surface area contributed by atoms with Crippen LogP contribution in [-0.2, 0) is 13.0 Å². The monoisotopic (exact) mass is 388 g/mol. The van der Waals surface area contributed by atoms with E-state index in [0.717, 1.165) is 44.6 Å². The Morgan fingerprint density at radius 1 is 0.929 bits per heavy atom. The molecule has 3 heterocycles. The Bertz CT molecular complexity index is 965. The van der Waals surface area contributed by atoms with Gasteiger partial charge in [0.2, 0.25) is 0 Å². The van der Waals surface area contributed by atoms with Crippen molar-refractivity contribution >= 4 is 17.2 Å². The maximum absolute atomic E-state index is 13.0. The highest BCUT2D eigenvalue weighted by Gasteiger charge is 2.32. The predicted octanol–water partition coefficient (Wildman–Crippen LogP) is 4.69. The number of rotatable bonds is 3. The Hall–Kier alpha value is -2.43. The number of nitrogens with zero attached hydrogens (tertiary/aromatic N) is 2. The zero-order valence-corrected chi connectivity index (χ0v) is 16.7. The molecule has 2 aliphatic rings. The van der Waals surface area contributed by atoms with Crippen LogP contribution in [0.5, 0.6) is 0 Å². The molecule has 3 aromatic rings. The van der Waals surface area contributed by atoms with Crippen LogP contribution in [0.15, 0.2) is 66.0 Å². The molecule has 1 amide bonds. The van der Waals surface area contributed by atoms with Gasteiger partial charge in [0.1, 0.15) is 0 Å². The van der Waals surface area contributed by atoms with Gasteiger partial charge < -0.3 is 4.90 Å². The fraction of sp³-hybridized carbons (Fsp3) is 0.292. The first kappa shape index (κ1) is 17.7. The van der Waals surface area contributed by atoms with Crippen molar-refractivity contribution in [3.63, 3.8) is 0 Å². The highest BCUT2D eigenvalue weighted by Crippen LogP contribution is 2.27. The number of amides is 1. The summed E-state index contributed by atoms with van der Waals surface area (Å²) >= 11 is 1.73. The largest absolute Gasteiger partial charge is 0.337 e. The third-order valence-corrected chi connectivity index (χ3v) is 6.98. The molecule has 1 saturated heterocycles. The molecule has 3 nitrogen and oxygen atoms in total. The van der Waals surface area contributed by atoms with Crippen molar-refractivity contribution in [2.45, 2.75) is 25.4 Å². The second-order valence-electron chi connectivity index (χ2n) is 7.74. The van der Waals surface area contributed by atoms with Gasteiger partial charge in [-0.3, -0.25) is 9.69 Å². The van der Waals surface area contributed by atoms with Crippen molar-refractivity contribution in [1.29, 1.82) is 0 Å². The Labute approximate surface area is 170 Å². The van der Waals surface area contributed by atoms with E-state index in [4.69, 9.17) is 0 Å². The van der Waals surface area contributed by atoms with Crippen LogP contribution in [0.4, 0.5) is 0 Å². The van der Waals surface area contributed by atoms with Crippen molar-refractivity contribution in [2.75, 3.05) is 19.6 Å². The molecule has 0 aliphatic carbocycles. The molecule has 0 spiro atoms. The molecule has 2 aromatic carbocycles. The summed E-state index contributed by atoms with van der Waals surface area (Å²) < 4.78 is 0. The molecular weight excluding hydrogens is 364 g/mol. The first-order chi connectivity index (χ1) is 13.8. The van der Waals surface area contributed by atoms with Crippen LogP contribution in [0.1, 0.15) is 27.9 Å². The molecule has 1 aromatic heterocycles. The summed E-state index contributed by atoms with van der Waals surface area (Å²) in [7, 11) is 0. The smallest absolute Gasteiger partial charge is 0.253 e. The van der Waals surface area contributed by atoms with Crippen LogP contribution in [-0.4, -0.2) is 41.4 Å². The van der Waals surface area contributed by atoms with E-state index in [9.17, 15) is 4.79 Å². The Balaban J connectivity index is 1.24. The van der Waals surface area contributed by atoms with Crippen molar-refractivity contribution in [2.24, 2.45) is 0 Å². The van der Waals surface area contributed by atoms with Gasteiger partial charge in [0, 0.05) is 42.7 Å². The van der Waals surface area contributed by atoms with Gasteiger partial charge >= 0.3 is 0 Å². The van der Waals surface area contributed by atoms with E-state index in [0.29, 0.717) is 6.04 Å². The van der Waals surface area contributed by atoms with Gasteiger partial charge in [-0.2, -0.15) is 0 Å². The zero-order valence-electron chi connectivity index (χ0n) is 15.9. The number of thiophene rings is 1. The maximum Gasteiger partial charge on any atom is 0.253 e.